The van der Waals surface area contributed by atoms with Crippen LogP contribution in [0.4, 0.5) is 0 Å². The maximum Gasteiger partial charge on any atom is 0.263 e. The number of amides is 2. The van der Waals surface area contributed by atoms with E-state index in [4.69, 9.17) is 5.73 Å². The molecule has 116 valence electrons. The Balaban J connectivity index is 1.75. The Morgan fingerprint density at radius 1 is 1.45 bits per heavy atom. The zero-order valence-corrected chi connectivity index (χ0v) is 13.2. The van der Waals surface area contributed by atoms with Crippen LogP contribution in [-0.4, -0.2) is 39.4 Å². The Labute approximate surface area is 132 Å². The molecule has 1 atom stereocenters. The molecule has 2 aromatic rings. The highest BCUT2D eigenvalue weighted by Crippen LogP contribution is 2.27. The van der Waals surface area contributed by atoms with Gasteiger partial charge in [-0.2, -0.15) is 0 Å². The lowest BCUT2D eigenvalue weighted by Gasteiger charge is -2.32. The van der Waals surface area contributed by atoms with Crippen LogP contribution >= 0.6 is 11.3 Å². The molecule has 3 heterocycles. The lowest BCUT2D eigenvalue weighted by Crippen LogP contribution is -2.39. The number of carbonyl (C=O) groups is 2. The number of nitrogens with two attached hydrogens (primary N) is 1. The van der Waals surface area contributed by atoms with Gasteiger partial charge in [0.25, 0.3) is 5.91 Å². The lowest BCUT2D eigenvalue weighted by molar-refractivity contribution is 0.0708. The molecule has 1 fully saturated rings. The first-order valence-electron chi connectivity index (χ1n) is 7.21. The number of hydrogen-bond donors (Lipinski definition) is 1. The Bertz CT molecular complexity index is 706. The average Bonchev–Trinajstić information content (AvgIpc) is 3.15. The molecule has 2 N–H and O–H groups in total. The van der Waals surface area contributed by atoms with Gasteiger partial charge in [0.2, 0.25) is 5.91 Å². The molecule has 0 aliphatic carbocycles. The maximum atomic E-state index is 12.6. The summed E-state index contributed by atoms with van der Waals surface area (Å²) in [7, 11) is 1.97. The van der Waals surface area contributed by atoms with Crippen LogP contribution in [0.2, 0.25) is 0 Å². The van der Waals surface area contributed by atoms with Gasteiger partial charge in [-0.25, -0.2) is 4.98 Å². The number of aryl methyl sites for hydroxylation is 1. The van der Waals surface area contributed by atoms with Crippen LogP contribution in [0.3, 0.4) is 0 Å². The predicted octanol–water partition coefficient (Wildman–Crippen LogP) is 1.60. The summed E-state index contributed by atoms with van der Waals surface area (Å²) in [6.45, 7) is 1.40. The van der Waals surface area contributed by atoms with E-state index in [1.807, 2.05) is 22.7 Å². The van der Waals surface area contributed by atoms with Crippen LogP contribution in [0.5, 0.6) is 0 Å². The van der Waals surface area contributed by atoms with E-state index in [1.165, 1.54) is 11.3 Å². The molecule has 1 aliphatic heterocycles. The Morgan fingerprint density at radius 2 is 2.27 bits per heavy atom. The van der Waals surface area contributed by atoms with Crippen molar-refractivity contribution in [2.45, 2.75) is 18.8 Å². The van der Waals surface area contributed by atoms with Gasteiger partial charge in [-0.3, -0.25) is 9.59 Å². The van der Waals surface area contributed by atoms with Crippen molar-refractivity contribution in [1.82, 2.24) is 14.5 Å². The van der Waals surface area contributed by atoms with Gasteiger partial charge in [-0.15, -0.1) is 11.3 Å². The molecule has 0 bridgehead atoms. The van der Waals surface area contributed by atoms with E-state index >= 15 is 0 Å². The monoisotopic (exact) mass is 318 g/mol. The molecule has 1 aliphatic rings. The molecule has 7 heteroatoms. The number of rotatable bonds is 3. The van der Waals surface area contributed by atoms with Crippen molar-refractivity contribution in [2.24, 2.45) is 12.8 Å². The largest absolute Gasteiger partial charge is 0.366 e. The number of carbonyl (C=O) groups excluding carboxylic acids is 2. The SMILES string of the molecule is Cn1ccnc1C1CCCN(C(=O)c2cc(C(N)=O)cs2)C1. The summed E-state index contributed by atoms with van der Waals surface area (Å²) in [4.78, 5) is 30.6. The number of primary amides is 1. The van der Waals surface area contributed by atoms with Crippen LogP contribution in [0.1, 0.15) is 44.6 Å². The molecule has 0 aromatic carbocycles. The molecule has 22 heavy (non-hydrogen) atoms. The minimum Gasteiger partial charge on any atom is -0.366 e. The topological polar surface area (TPSA) is 81.2 Å². The zero-order valence-electron chi connectivity index (χ0n) is 12.4. The maximum absolute atomic E-state index is 12.6. The van der Waals surface area contributed by atoms with Gasteiger partial charge in [0.15, 0.2) is 0 Å². The molecular weight excluding hydrogens is 300 g/mol. The van der Waals surface area contributed by atoms with Crippen molar-refractivity contribution in [1.29, 1.82) is 0 Å². The fourth-order valence-corrected chi connectivity index (χ4v) is 3.74. The van der Waals surface area contributed by atoms with E-state index in [1.54, 1.807) is 17.6 Å². The van der Waals surface area contributed by atoms with Gasteiger partial charge in [0.05, 0.1) is 10.4 Å². The van der Waals surface area contributed by atoms with E-state index in [2.05, 4.69) is 4.98 Å². The second-order valence-electron chi connectivity index (χ2n) is 5.55. The van der Waals surface area contributed by atoms with Crippen LogP contribution in [0, 0.1) is 0 Å². The number of aromatic nitrogens is 2. The summed E-state index contributed by atoms with van der Waals surface area (Å²) in [6, 6.07) is 1.58. The fourth-order valence-electron chi connectivity index (χ4n) is 2.88. The van der Waals surface area contributed by atoms with Gasteiger partial charge in [-0.1, -0.05) is 0 Å². The Morgan fingerprint density at radius 3 is 2.91 bits per heavy atom. The van der Waals surface area contributed by atoms with Crippen molar-refractivity contribution in [3.8, 4) is 0 Å². The third kappa shape index (κ3) is 2.76. The van der Waals surface area contributed by atoms with Crippen molar-refractivity contribution in [2.75, 3.05) is 13.1 Å². The number of hydrogen-bond acceptors (Lipinski definition) is 4. The molecule has 1 saturated heterocycles. The van der Waals surface area contributed by atoms with Gasteiger partial charge < -0.3 is 15.2 Å². The molecule has 2 amide bonds. The molecule has 0 saturated carbocycles. The lowest BCUT2D eigenvalue weighted by atomic mass is 9.97. The summed E-state index contributed by atoms with van der Waals surface area (Å²) >= 11 is 1.27. The highest BCUT2D eigenvalue weighted by molar-refractivity contribution is 7.12. The smallest absolute Gasteiger partial charge is 0.263 e. The predicted molar refractivity (Wildman–Crippen MR) is 83.9 cm³/mol. The first kappa shape index (κ1) is 14.8. The highest BCUT2D eigenvalue weighted by atomic mass is 32.1. The summed E-state index contributed by atoms with van der Waals surface area (Å²) in [5, 5.41) is 1.63. The molecule has 1 unspecified atom stereocenters. The summed E-state index contributed by atoms with van der Waals surface area (Å²) in [5.74, 6) is 0.742. The van der Waals surface area contributed by atoms with E-state index in [9.17, 15) is 9.59 Å². The first-order chi connectivity index (χ1) is 10.6. The summed E-state index contributed by atoms with van der Waals surface area (Å²) < 4.78 is 2.01. The van der Waals surface area contributed by atoms with E-state index in [0.717, 1.165) is 25.2 Å². The molecule has 0 radical (unpaired) electrons. The van der Waals surface area contributed by atoms with Crippen LogP contribution in [0.15, 0.2) is 23.8 Å². The Hall–Kier alpha value is -2.15. The number of likely N-dealkylation sites (tertiary alicyclic amines) is 1. The quantitative estimate of drug-likeness (QED) is 0.933. The van der Waals surface area contributed by atoms with Crippen molar-refractivity contribution < 1.29 is 9.59 Å². The molecular formula is C15H18N4O2S. The summed E-state index contributed by atoms with van der Waals surface area (Å²) in [6.07, 6.45) is 5.70. The Kier molecular flexibility index (Phi) is 3.98. The molecule has 0 spiro atoms. The van der Waals surface area contributed by atoms with Crippen LogP contribution < -0.4 is 5.73 Å². The zero-order chi connectivity index (χ0) is 15.7. The standard InChI is InChI=1S/C15H18N4O2S/c1-18-6-4-17-14(18)10-3-2-5-19(8-10)15(21)12-7-11(9-22-12)13(16)20/h4,6-7,9-10H,2-3,5,8H2,1H3,(H2,16,20). The van der Waals surface area contributed by atoms with Crippen LogP contribution in [-0.2, 0) is 7.05 Å². The third-order valence-electron chi connectivity index (χ3n) is 4.03. The minimum atomic E-state index is -0.500. The van der Waals surface area contributed by atoms with Gasteiger partial charge >= 0.3 is 0 Å². The molecule has 2 aromatic heterocycles. The van der Waals surface area contributed by atoms with Gasteiger partial charge in [0, 0.05) is 43.8 Å². The molecule has 3 rings (SSSR count). The fraction of sp³-hybridized carbons (Fsp3) is 0.400. The number of piperidine rings is 1. The van der Waals surface area contributed by atoms with E-state index in [-0.39, 0.29) is 11.8 Å². The van der Waals surface area contributed by atoms with Crippen molar-refractivity contribution in [3.63, 3.8) is 0 Å². The number of nitrogens with zero attached hydrogens (tertiary/aromatic N) is 3. The van der Waals surface area contributed by atoms with Gasteiger partial charge in [0.1, 0.15) is 5.82 Å². The van der Waals surface area contributed by atoms with E-state index in [0.29, 0.717) is 17.0 Å². The van der Waals surface area contributed by atoms with Gasteiger partial charge in [-0.05, 0) is 18.9 Å². The first-order valence-corrected chi connectivity index (χ1v) is 8.09. The van der Waals surface area contributed by atoms with Crippen molar-refractivity contribution >= 4 is 23.2 Å². The summed E-state index contributed by atoms with van der Waals surface area (Å²) in [5.41, 5.74) is 5.63. The van der Waals surface area contributed by atoms with E-state index < -0.39 is 5.91 Å². The number of imidazole rings is 1. The normalized spacial score (nSPS) is 18.4. The van der Waals surface area contributed by atoms with Crippen molar-refractivity contribution in [3.05, 3.63) is 40.1 Å². The highest BCUT2D eigenvalue weighted by Gasteiger charge is 2.28. The second kappa shape index (κ2) is 5.92. The second-order valence-corrected chi connectivity index (χ2v) is 6.46. The minimum absolute atomic E-state index is 0.0311. The molecule has 6 nitrogen and oxygen atoms in total. The third-order valence-corrected chi connectivity index (χ3v) is 4.95. The van der Waals surface area contributed by atoms with Crippen LogP contribution in [0.25, 0.3) is 0 Å². The number of thiophene rings is 1. The average molecular weight is 318 g/mol.